The Kier molecular flexibility index (Phi) is 11.5. The average molecular weight is 702 g/mol. The number of carbonyl (C=O) groups excluding carboxylic acids is 1. The number of nitrogens with one attached hydrogen (secondary N) is 1. The number of ether oxygens (including phenoxy) is 1. The minimum absolute atomic E-state index is 0.361. The fraction of sp³-hybridized carbons (Fsp3) is 0.302. The highest BCUT2D eigenvalue weighted by molar-refractivity contribution is 8.00. The molecular formula is C43H47N3O4S. The molecule has 0 radical (unpaired) electrons. The van der Waals surface area contributed by atoms with Crippen molar-refractivity contribution in [3.05, 3.63) is 156 Å². The molecule has 2 N–H and O–H groups in total. The number of rotatable bonds is 12. The Labute approximate surface area is 305 Å². The van der Waals surface area contributed by atoms with Crippen LogP contribution in [0, 0.1) is 0 Å². The lowest BCUT2D eigenvalue weighted by atomic mass is 9.84. The zero-order valence-corrected chi connectivity index (χ0v) is 30.4. The van der Waals surface area contributed by atoms with Crippen molar-refractivity contribution in [1.29, 1.82) is 0 Å². The summed E-state index contributed by atoms with van der Waals surface area (Å²) < 4.78 is 5.14. The molecule has 6 rings (SSSR count). The molecule has 0 spiro atoms. The molecule has 0 aliphatic carbocycles. The molecule has 1 saturated heterocycles. The molecular weight excluding hydrogens is 655 g/mol. The number of hydrogen-bond donors (Lipinski definition) is 2. The van der Waals surface area contributed by atoms with Gasteiger partial charge in [0, 0.05) is 38.5 Å². The molecule has 7 nitrogen and oxygen atoms in total. The maximum atomic E-state index is 13.3. The first-order valence-electron chi connectivity index (χ1n) is 17.6. The predicted molar refractivity (Wildman–Crippen MR) is 207 cm³/mol. The lowest BCUT2D eigenvalue weighted by Gasteiger charge is -2.42. The van der Waals surface area contributed by atoms with Gasteiger partial charge in [-0.15, -0.1) is 11.8 Å². The number of thioether (sulfide) groups is 1. The summed E-state index contributed by atoms with van der Waals surface area (Å²) in [7, 11) is 0. The molecule has 1 amide bonds. The van der Waals surface area contributed by atoms with Gasteiger partial charge < -0.3 is 15.2 Å². The molecule has 1 aliphatic heterocycles. The number of hydrogen-bond acceptors (Lipinski definition) is 6. The molecule has 51 heavy (non-hydrogen) atoms. The van der Waals surface area contributed by atoms with Gasteiger partial charge in [0.05, 0.1) is 10.8 Å². The van der Waals surface area contributed by atoms with Crippen molar-refractivity contribution in [2.45, 2.75) is 49.7 Å². The van der Waals surface area contributed by atoms with Crippen molar-refractivity contribution < 1.29 is 19.4 Å². The summed E-state index contributed by atoms with van der Waals surface area (Å²) in [4.78, 5) is 30.4. The van der Waals surface area contributed by atoms with Crippen LogP contribution in [-0.4, -0.2) is 76.6 Å². The summed E-state index contributed by atoms with van der Waals surface area (Å²) in [6, 6.07) is 44.8. The van der Waals surface area contributed by atoms with E-state index in [1.807, 2.05) is 56.0 Å². The number of carboxylic acids is 1. The first-order valence-corrected chi connectivity index (χ1v) is 18.6. The van der Waals surface area contributed by atoms with Crippen molar-refractivity contribution in [2.24, 2.45) is 0 Å². The minimum Gasteiger partial charge on any atom is -0.480 e. The Hall–Kier alpha value is -4.63. The van der Waals surface area contributed by atoms with Gasteiger partial charge >= 0.3 is 12.1 Å². The third kappa shape index (κ3) is 8.82. The van der Waals surface area contributed by atoms with E-state index >= 15 is 0 Å². The van der Waals surface area contributed by atoms with E-state index in [4.69, 9.17) is 4.74 Å². The van der Waals surface area contributed by atoms with Crippen molar-refractivity contribution in [3.8, 4) is 0 Å². The number of alkyl carbamates (subject to hydrolysis) is 1. The van der Waals surface area contributed by atoms with E-state index in [9.17, 15) is 14.7 Å². The second kappa shape index (κ2) is 16.1. The molecule has 8 heteroatoms. The van der Waals surface area contributed by atoms with E-state index in [-0.39, 0.29) is 0 Å². The molecule has 1 unspecified atom stereocenters. The van der Waals surface area contributed by atoms with Gasteiger partial charge in [0.25, 0.3) is 0 Å². The number of piperazine rings is 1. The van der Waals surface area contributed by atoms with Crippen LogP contribution in [0.1, 0.15) is 43.0 Å². The van der Waals surface area contributed by atoms with E-state index in [1.165, 1.54) is 16.3 Å². The lowest BCUT2D eigenvalue weighted by molar-refractivity contribution is -0.146. The summed E-state index contributed by atoms with van der Waals surface area (Å²) in [5, 5.41) is 16.0. The van der Waals surface area contributed by atoms with E-state index in [1.54, 1.807) is 11.8 Å². The summed E-state index contributed by atoms with van der Waals surface area (Å²) in [6.07, 6.45) is -0.515. The minimum atomic E-state index is -0.867. The Balaban J connectivity index is 1.28. The molecule has 1 aliphatic rings. The fourth-order valence-corrected chi connectivity index (χ4v) is 8.58. The standard InChI is InChI=1S/C43H47N3O4S/c1-42(2,3)50-41(49)44-37(29-46-27-26-45(30-39(46)40(47)48)28-33-18-15-17-32-16-13-14-25-38(32)33)31-51-43(34-19-7-4-8-20-34,35-21-9-5-10-22-35)36-23-11-6-12-24-36/h4-25,37,39H,26-31H2,1-3H3,(H,44,49)(H,47,48)/t37-,39?/m1/s1. The fourth-order valence-electron chi connectivity index (χ4n) is 7.04. The summed E-state index contributed by atoms with van der Waals surface area (Å²) >= 11 is 1.74. The number of nitrogens with zero attached hydrogens (tertiary/aromatic N) is 2. The average Bonchev–Trinajstić information content (AvgIpc) is 3.13. The lowest BCUT2D eigenvalue weighted by Crippen LogP contribution is -2.59. The van der Waals surface area contributed by atoms with Crippen LogP contribution in [0.5, 0.6) is 0 Å². The SMILES string of the molecule is CC(C)(C)OC(=O)N[C@@H](CSC(c1ccccc1)(c1ccccc1)c1ccccc1)CN1CCN(Cc2cccc3ccccc23)CC1C(=O)O. The number of amides is 1. The van der Waals surface area contributed by atoms with E-state index < -0.39 is 34.5 Å². The Morgan fingerprint density at radius 2 is 1.33 bits per heavy atom. The maximum absolute atomic E-state index is 13.3. The van der Waals surface area contributed by atoms with Crippen LogP contribution in [0.15, 0.2) is 133 Å². The highest BCUT2D eigenvalue weighted by Crippen LogP contribution is 2.48. The van der Waals surface area contributed by atoms with Crippen molar-refractivity contribution in [2.75, 3.05) is 31.9 Å². The summed E-state index contributed by atoms with van der Waals surface area (Å²) in [6.45, 7) is 8.21. The van der Waals surface area contributed by atoms with Crippen LogP contribution in [-0.2, 0) is 20.8 Å². The Bertz CT molecular complexity index is 1800. The van der Waals surface area contributed by atoms with Gasteiger partial charge in [-0.1, -0.05) is 133 Å². The van der Waals surface area contributed by atoms with Gasteiger partial charge in [-0.3, -0.25) is 14.6 Å². The predicted octanol–water partition coefficient (Wildman–Crippen LogP) is 8.03. The van der Waals surface area contributed by atoms with Crippen molar-refractivity contribution in [1.82, 2.24) is 15.1 Å². The maximum Gasteiger partial charge on any atom is 0.407 e. The molecule has 2 atom stereocenters. The quantitative estimate of drug-likeness (QED) is 0.128. The van der Waals surface area contributed by atoms with Crippen LogP contribution in [0.3, 0.4) is 0 Å². The van der Waals surface area contributed by atoms with Gasteiger partial charge in [0.2, 0.25) is 0 Å². The zero-order chi connectivity index (χ0) is 35.8. The van der Waals surface area contributed by atoms with Crippen LogP contribution < -0.4 is 5.32 Å². The van der Waals surface area contributed by atoms with Crippen LogP contribution in [0.25, 0.3) is 10.8 Å². The molecule has 5 aromatic rings. The van der Waals surface area contributed by atoms with Gasteiger partial charge in [-0.25, -0.2) is 4.79 Å². The molecule has 264 valence electrons. The first-order chi connectivity index (χ1) is 24.6. The smallest absolute Gasteiger partial charge is 0.407 e. The number of carboxylic acid groups (broad SMARTS) is 1. The molecule has 1 fully saturated rings. The highest BCUT2D eigenvalue weighted by Gasteiger charge is 2.39. The molecule has 0 bridgehead atoms. The van der Waals surface area contributed by atoms with Crippen LogP contribution >= 0.6 is 11.8 Å². The molecule has 0 saturated carbocycles. The number of aliphatic carboxylic acids is 1. The number of fused-ring (bicyclic) bond motifs is 1. The van der Waals surface area contributed by atoms with Gasteiger partial charge in [-0.05, 0) is 53.8 Å². The first kappa shape index (κ1) is 36.2. The number of carbonyl (C=O) groups is 2. The Morgan fingerprint density at radius 1 is 0.784 bits per heavy atom. The highest BCUT2D eigenvalue weighted by atomic mass is 32.2. The van der Waals surface area contributed by atoms with Crippen LogP contribution in [0.2, 0.25) is 0 Å². The van der Waals surface area contributed by atoms with E-state index in [2.05, 4.69) is 113 Å². The third-order valence-electron chi connectivity index (χ3n) is 9.35. The molecule has 0 aromatic heterocycles. The molecule has 5 aromatic carbocycles. The second-order valence-electron chi connectivity index (χ2n) is 14.2. The largest absolute Gasteiger partial charge is 0.480 e. The van der Waals surface area contributed by atoms with Crippen molar-refractivity contribution in [3.63, 3.8) is 0 Å². The zero-order valence-electron chi connectivity index (χ0n) is 29.6. The van der Waals surface area contributed by atoms with E-state index in [0.29, 0.717) is 38.5 Å². The van der Waals surface area contributed by atoms with Gasteiger partial charge in [0.1, 0.15) is 11.6 Å². The summed E-state index contributed by atoms with van der Waals surface area (Å²) in [5.41, 5.74) is 3.86. The molecule has 1 heterocycles. The van der Waals surface area contributed by atoms with Crippen LogP contribution in [0.4, 0.5) is 4.79 Å². The topological polar surface area (TPSA) is 82.1 Å². The van der Waals surface area contributed by atoms with Crippen molar-refractivity contribution >= 4 is 34.6 Å². The van der Waals surface area contributed by atoms with Gasteiger partial charge in [-0.2, -0.15) is 0 Å². The normalized spacial score (nSPS) is 16.4. The third-order valence-corrected chi connectivity index (χ3v) is 11.1. The van der Waals surface area contributed by atoms with Gasteiger partial charge in [0.15, 0.2) is 0 Å². The second-order valence-corrected chi connectivity index (χ2v) is 15.4. The summed E-state index contributed by atoms with van der Waals surface area (Å²) in [5.74, 6) is -0.367. The monoisotopic (exact) mass is 701 g/mol. The van der Waals surface area contributed by atoms with E-state index in [0.717, 1.165) is 16.7 Å². The number of benzene rings is 5. The Morgan fingerprint density at radius 3 is 1.90 bits per heavy atom.